The molecular weight excluding hydrogens is 362 g/mol. The van der Waals surface area contributed by atoms with Crippen molar-refractivity contribution in [2.75, 3.05) is 38.2 Å². The Hall–Kier alpha value is -2.60. The average molecular weight is 392 g/mol. The maximum Gasteiger partial charge on any atom is 0.233 e. The number of para-hydroxylation sites is 1. The van der Waals surface area contributed by atoms with Crippen LogP contribution in [0.3, 0.4) is 0 Å². The number of ether oxygens (including phenoxy) is 1. The number of hydrogen-bond acceptors (Lipinski definition) is 5. The van der Waals surface area contributed by atoms with Gasteiger partial charge < -0.3 is 14.6 Å². The van der Waals surface area contributed by atoms with Crippen LogP contribution in [0, 0.1) is 5.41 Å². The maximum atomic E-state index is 5.24. The minimum absolute atomic E-state index is 0.438. The van der Waals surface area contributed by atoms with Crippen molar-refractivity contribution < 1.29 is 4.74 Å². The van der Waals surface area contributed by atoms with Gasteiger partial charge in [-0.05, 0) is 49.3 Å². The molecule has 2 saturated heterocycles. The fourth-order valence-electron chi connectivity index (χ4n) is 5.16. The fourth-order valence-corrected chi connectivity index (χ4v) is 5.16. The number of anilines is 1. The smallest absolute Gasteiger partial charge is 0.233 e. The van der Waals surface area contributed by atoms with E-state index in [2.05, 4.69) is 55.2 Å². The Kier molecular flexibility index (Phi) is 4.87. The molecule has 0 aliphatic carbocycles. The van der Waals surface area contributed by atoms with Crippen molar-refractivity contribution in [2.24, 2.45) is 5.41 Å². The van der Waals surface area contributed by atoms with Gasteiger partial charge in [0.25, 0.3) is 0 Å². The van der Waals surface area contributed by atoms with E-state index in [1.54, 1.807) is 13.3 Å². The Labute approximate surface area is 171 Å². The first-order valence-corrected chi connectivity index (χ1v) is 10.6. The van der Waals surface area contributed by atoms with E-state index in [1.165, 1.54) is 55.2 Å². The zero-order valence-corrected chi connectivity index (χ0v) is 17.1. The summed E-state index contributed by atoms with van der Waals surface area (Å²) in [6, 6.07) is 8.62. The number of rotatable bonds is 4. The van der Waals surface area contributed by atoms with Crippen molar-refractivity contribution in [3.05, 3.63) is 48.4 Å². The van der Waals surface area contributed by atoms with Gasteiger partial charge in [0, 0.05) is 43.3 Å². The van der Waals surface area contributed by atoms with Crippen molar-refractivity contribution in [3.8, 4) is 5.88 Å². The Balaban J connectivity index is 1.25. The minimum Gasteiger partial charge on any atom is -0.480 e. The lowest BCUT2D eigenvalue weighted by atomic mass is 9.72. The summed E-state index contributed by atoms with van der Waals surface area (Å²) in [5, 5.41) is 1.36. The summed E-state index contributed by atoms with van der Waals surface area (Å²) in [6.45, 7) is 5.53. The summed E-state index contributed by atoms with van der Waals surface area (Å²) in [5.41, 5.74) is 3.09. The van der Waals surface area contributed by atoms with Crippen LogP contribution in [0.25, 0.3) is 10.9 Å². The molecule has 2 aliphatic rings. The van der Waals surface area contributed by atoms with Crippen LogP contribution in [0.1, 0.15) is 31.2 Å². The number of methoxy groups -OCH3 is 1. The first kappa shape index (κ1) is 18.4. The van der Waals surface area contributed by atoms with Crippen LogP contribution >= 0.6 is 0 Å². The lowest BCUT2D eigenvalue weighted by molar-refractivity contribution is 0.0607. The summed E-state index contributed by atoms with van der Waals surface area (Å²) in [5.74, 6) is 1.52. The number of piperidine rings is 2. The lowest BCUT2D eigenvalue weighted by Gasteiger charge is -2.48. The fraction of sp³-hybridized carbons (Fsp3) is 0.478. The predicted molar refractivity (Wildman–Crippen MR) is 115 cm³/mol. The van der Waals surface area contributed by atoms with Crippen LogP contribution in [0.15, 0.2) is 42.9 Å². The average Bonchev–Trinajstić information content (AvgIpc) is 3.17. The molecule has 1 aromatic carbocycles. The Morgan fingerprint density at radius 1 is 1.10 bits per heavy atom. The van der Waals surface area contributed by atoms with E-state index in [0.29, 0.717) is 11.3 Å². The van der Waals surface area contributed by atoms with Crippen LogP contribution in [0.5, 0.6) is 5.88 Å². The molecule has 0 unspecified atom stereocenters. The normalized spacial score (nSPS) is 19.7. The van der Waals surface area contributed by atoms with Crippen molar-refractivity contribution in [2.45, 2.75) is 32.2 Å². The van der Waals surface area contributed by atoms with Gasteiger partial charge in [0.15, 0.2) is 5.82 Å². The number of nitrogens with one attached hydrogen (secondary N) is 1. The molecule has 2 aliphatic heterocycles. The third-order valence-corrected chi connectivity index (χ3v) is 6.77. The van der Waals surface area contributed by atoms with E-state index >= 15 is 0 Å². The third-order valence-electron chi connectivity index (χ3n) is 6.77. The van der Waals surface area contributed by atoms with Gasteiger partial charge in [-0.25, -0.2) is 0 Å². The number of aromatic amines is 1. The maximum absolute atomic E-state index is 5.24. The van der Waals surface area contributed by atoms with Crippen LogP contribution in [0.2, 0.25) is 0 Å². The lowest BCUT2D eigenvalue weighted by Crippen LogP contribution is -2.49. The van der Waals surface area contributed by atoms with Gasteiger partial charge in [-0.2, -0.15) is 4.98 Å². The number of fused-ring (bicyclic) bond motifs is 1. The minimum atomic E-state index is 0.438. The highest BCUT2D eigenvalue weighted by atomic mass is 16.5. The highest BCUT2D eigenvalue weighted by Crippen LogP contribution is 2.41. The number of aromatic nitrogens is 3. The van der Waals surface area contributed by atoms with Crippen LogP contribution in [-0.2, 0) is 6.54 Å². The SMILES string of the molecule is COc1cncc(N2CCC3(CCCN(Cc4c[nH]c5ccccc45)C3)CC2)n1. The second-order valence-corrected chi connectivity index (χ2v) is 8.58. The van der Waals surface area contributed by atoms with Crippen molar-refractivity contribution in [3.63, 3.8) is 0 Å². The number of H-pyrrole nitrogens is 1. The molecule has 3 aromatic rings. The molecule has 6 heteroatoms. The van der Waals surface area contributed by atoms with Gasteiger partial charge in [-0.3, -0.25) is 9.88 Å². The first-order valence-electron chi connectivity index (χ1n) is 10.6. The van der Waals surface area contributed by atoms with Gasteiger partial charge in [0.2, 0.25) is 5.88 Å². The molecule has 2 aromatic heterocycles. The highest BCUT2D eigenvalue weighted by molar-refractivity contribution is 5.82. The Morgan fingerprint density at radius 3 is 2.83 bits per heavy atom. The second kappa shape index (κ2) is 7.67. The molecule has 0 amide bonds. The molecule has 0 saturated carbocycles. The van der Waals surface area contributed by atoms with E-state index < -0.39 is 0 Å². The summed E-state index contributed by atoms with van der Waals surface area (Å²) in [7, 11) is 1.64. The standard InChI is InChI=1S/C23H29N5O/c1-29-22-15-24-14-21(26-22)28-11-8-23(9-12-28)7-4-10-27(17-23)16-18-13-25-20-6-3-2-5-19(18)20/h2-3,5-6,13-15,25H,4,7-12,16-17H2,1H3. The van der Waals surface area contributed by atoms with Gasteiger partial charge in [0.1, 0.15) is 0 Å². The third kappa shape index (κ3) is 3.69. The van der Waals surface area contributed by atoms with E-state index in [1.807, 2.05) is 6.20 Å². The molecule has 152 valence electrons. The first-order chi connectivity index (χ1) is 14.2. The number of likely N-dealkylation sites (tertiary alicyclic amines) is 1. The van der Waals surface area contributed by atoms with Crippen LogP contribution < -0.4 is 9.64 Å². The molecular formula is C23H29N5O. The van der Waals surface area contributed by atoms with E-state index in [0.717, 1.165) is 25.5 Å². The summed E-state index contributed by atoms with van der Waals surface area (Å²) in [4.78, 5) is 17.3. The van der Waals surface area contributed by atoms with E-state index in [-0.39, 0.29) is 0 Å². The molecule has 0 bridgehead atoms. The van der Waals surface area contributed by atoms with Crippen molar-refractivity contribution >= 4 is 16.7 Å². The van der Waals surface area contributed by atoms with Gasteiger partial charge in [0.05, 0.1) is 19.5 Å². The van der Waals surface area contributed by atoms with Crippen LogP contribution in [0.4, 0.5) is 5.82 Å². The predicted octanol–water partition coefficient (Wildman–Crippen LogP) is 3.85. The summed E-state index contributed by atoms with van der Waals surface area (Å²) in [6.07, 6.45) is 10.8. The Bertz CT molecular complexity index is 976. The highest BCUT2D eigenvalue weighted by Gasteiger charge is 2.38. The molecule has 0 atom stereocenters. The van der Waals surface area contributed by atoms with Crippen LogP contribution in [-0.4, -0.2) is 53.1 Å². The van der Waals surface area contributed by atoms with E-state index in [9.17, 15) is 0 Å². The molecule has 2 fully saturated rings. The zero-order chi connectivity index (χ0) is 19.7. The molecule has 6 nitrogen and oxygen atoms in total. The van der Waals surface area contributed by atoms with Gasteiger partial charge in [-0.1, -0.05) is 18.2 Å². The number of benzene rings is 1. The molecule has 29 heavy (non-hydrogen) atoms. The monoisotopic (exact) mass is 391 g/mol. The molecule has 4 heterocycles. The topological polar surface area (TPSA) is 57.3 Å². The van der Waals surface area contributed by atoms with Crippen molar-refractivity contribution in [1.82, 2.24) is 19.9 Å². The molecule has 5 rings (SSSR count). The Morgan fingerprint density at radius 2 is 1.97 bits per heavy atom. The van der Waals surface area contributed by atoms with E-state index in [4.69, 9.17) is 4.74 Å². The molecule has 0 radical (unpaired) electrons. The largest absolute Gasteiger partial charge is 0.480 e. The van der Waals surface area contributed by atoms with Crippen molar-refractivity contribution in [1.29, 1.82) is 0 Å². The summed E-state index contributed by atoms with van der Waals surface area (Å²) >= 11 is 0. The number of nitrogens with zero attached hydrogens (tertiary/aromatic N) is 4. The molecule has 1 N–H and O–H groups in total. The molecule has 1 spiro atoms. The zero-order valence-electron chi connectivity index (χ0n) is 17.1. The quantitative estimate of drug-likeness (QED) is 0.732. The number of hydrogen-bond donors (Lipinski definition) is 1. The van der Waals surface area contributed by atoms with Gasteiger partial charge in [-0.15, -0.1) is 0 Å². The summed E-state index contributed by atoms with van der Waals surface area (Å²) < 4.78 is 5.24. The van der Waals surface area contributed by atoms with Gasteiger partial charge >= 0.3 is 0 Å². The second-order valence-electron chi connectivity index (χ2n) is 8.58.